The van der Waals surface area contributed by atoms with Crippen LogP contribution in [0.1, 0.15) is 35.2 Å². The average molecular weight is 276 g/mol. The Morgan fingerprint density at radius 2 is 2.05 bits per heavy atom. The minimum absolute atomic E-state index is 0.0393. The second-order valence-electron chi connectivity index (χ2n) is 5.23. The van der Waals surface area contributed by atoms with Gasteiger partial charge in [0.15, 0.2) is 0 Å². The van der Waals surface area contributed by atoms with Gasteiger partial charge in [0.1, 0.15) is 0 Å². The fourth-order valence-electron chi connectivity index (χ4n) is 2.55. The molecule has 0 unspecified atom stereocenters. The fourth-order valence-corrected chi connectivity index (χ4v) is 2.55. The largest absolute Gasteiger partial charge is 0.478 e. The highest BCUT2D eigenvalue weighted by Crippen LogP contribution is 2.21. The summed E-state index contributed by atoms with van der Waals surface area (Å²) in [7, 11) is 0. The number of carbonyl (C=O) groups is 2. The van der Waals surface area contributed by atoms with E-state index in [1.54, 1.807) is 25.1 Å². The maximum atomic E-state index is 12.0. The molecule has 5 heteroatoms. The highest BCUT2D eigenvalue weighted by Gasteiger charge is 2.18. The molecule has 1 amide bonds. The Balaban J connectivity index is 2.00. The second-order valence-corrected chi connectivity index (χ2v) is 5.23. The van der Waals surface area contributed by atoms with E-state index < -0.39 is 5.97 Å². The summed E-state index contributed by atoms with van der Waals surface area (Å²) in [5.74, 6) is -0.598. The van der Waals surface area contributed by atoms with Gasteiger partial charge in [-0.15, -0.1) is 0 Å². The first-order chi connectivity index (χ1) is 9.58. The monoisotopic (exact) mass is 276 g/mol. The Morgan fingerprint density at radius 3 is 2.70 bits per heavy atom. The van der Waals surface area contributed by atoms with Crippen molar-refractivity contribution in [1.82, 2.24) is 5.32 Å². The number of carbonyl (C=O) groups excluding carboxylic acids is 1. The van der Waals surface area contributed by atoms with Gasteiger partial charge in [-0.2, -0.15) is 0 Å². The van der Waals surface area contributed by atoms with Gasteiger partial charge >= 0.3 is 5.97 Å². The van der Waals surface area contributed by atoms with Gasteiger partial charge in [-0.05, 0) is 56.5 Å². The molecule has 5 nitrogen and oxygen atoms in total. The molecule has 1 aliphatic rings. The molecule has 0 spiro atoms. The molecule has 0 atom stereocenters. The third-order valence-corrected chi connectivity index (χ3v) is 3.77. The highest BCUT2D eigenvalue weighted by molar-refractivity contribution is 5.96. The molecule has 0 saturated carbocycles. The van der Waals surface area contributed by atoms with E-state index in [4.69, 9.17) is 5.11 Å². The van der Waals surface area contributed by atoms with Crippen LogP contribution in [0.4, 0.5) is 5.69 Å². The van der Waals surface area contributed by atoms with E-state index in [1.165, 1.54) is 0 Å². The lowest BCUT2D eigenvalue weighted by molar-refractivity contribution is -0.117. The molecule has 1 heterocycles. The summed E-state index contributed by atoms with van der Waals surface area (Å²) < 4.78 is 0. The SMILES string of the molecule is Cc1c(NC(=O)CC2CCNCC2)cccc1C(=O)O. The zero-order valence-electron chi connectivity index (χ0n) is 11.6. The van der Waals surface area contributed by atoms with Crippen molar-refractivity contribution >= 4 is 17.6 Å². The molecular weight excluding hydrogens is 256 g/mol. The molecule has 1 aliphatic heterocycles. The number of carboxylic acid groups (broad SMARTS) is 1. The molecule has 0 bridgehead atoms. The Hall–Kier alpha value is -1.88. The first-order valence-electron chi connectivity index (χ1n) is 6.91. The molecule has 20 heavy (non-hydrogen) atoms. The van der Waals surface area contributed by atoms with Crippen LogP contribution in [-0.2, 0) is 4.79 Å². The third-order valence-electron chi connectivity index (χ3n) is 3.77. The molecule has 1 fully saturated rings. The fraction of sp³-hybridized carbons (Fsp3) is 0.467. The number of hydrogen-bond donors (Lipinski definition) is 3. The predicted octanol–water partition coefficient (Wildman–Crippen LogP) is 2.02. The number of piperidine rings is 1. The first-order valence-corrected chi connectivity index (χ1v) is 6.91. The van der Waals surface area contributed by atoms with Crippen LogP contribution in [0.25, 0.3) is 0 Å². The van der Waals surface area contributed by atoms with Crippen LogP contribution in [0.3, 0.4) is 0 Å². The molecule has 0 aliphatic carbocycles. The van der Waals surface area contributed by atoms with Crippen LogP contribution in [-0.4, -0.2) is 30.1 Å². The van der Waals surface area contributed by atoms with E-state index in [1.807, 2.05) is 0 Å². The quantitative estimate of drug-likeness (QED) is 0.786. The molecule has 3 N–H and O–H groups in total. The molecule has 1 aromatic rings. The van der Waals surface area contributed by atoms with Crippen molar-refractivity contribution in [2.75, 3.05) is 18.4 Å². The minimum Gasteiger partial charge on any atom is -0.478 e. The van der Waals surface area contributed by atoms with Gasteiger partial charge in [0, 0.05) is 12.1 Å². The number of benzene rings is 1. The van der Waals surface area contributed by atoms with Crippen molar-refractivity contribution < 1.29 is 14.7 Å². The maximum absolute atomic E-state index is 12.0. The van der Waals surface area contributed by atoms with Crippen molar-refractivity contribution in [2.45, 2.75) is 26.2 Å². The lowest BCUT2D eigenvalue weighted by atomic mass is 9.94. The number of anilines is 1. The number of rotatable bonds is 4. The predicted molar refractivity (Wildman–Crippen MR) is 77.0 cm³/mol. The summed E-state index contributed by atoms with van der Waals surface area (Å²) in [4.78, 5) is 23.1. The Bertz CT molecular complexity index is 508. The van der Waals surface area contributed by atoms with Crippen LogP contribution in [0.15, 0.2) is 18.2 Å². The van der Waals surface area contributed by atoms with Crippen LogP contribution >= 0.6 is 0 Å². The van der Waals surface area contributed by atoms with Crippen molar-refractivity contribution in [1.29, 1.82) is 0 Å². The van der Waals surface area contributed by atoms with Gasteiger partial charge in [-0.1, -0.05) is 6.07 Å². The summed E-state index contributed by atoms with van der Waals surface area (Å²) in [5, 5.41) is 15.2. The summed E-state index contributed by atoms with van der Waals surface area (Å²) in [5.41, 5.74) is 1.41. The van der Waals surface area contributed by atoms with Gasteiger partial charge in [0.05, 0.1) is 5.56 Å². The first kappa shape index (κ1) is 14.5. The Kier molecular flexibility index (Phi) is 4.74. The molecular formula is C15H20N2O3. The summed E-state index contributed by atoms with van der Waals surface area (Å²) in [6.07, 6.45) is 2.53. The van der Waals surface area contributed by atoms with Crippen molar-refractivity contribution in [3.8, 4) is 0 Å². The lowest BCUT2D eigenvalue weighted by Crippen LogP contribution is -2.30. The maximum Gasteiger partial charge on any atom is 0.336 e. The van der Waals surface area contributed by atoms with Gasteiger partial charge in [0.2, 0.25) is 5.91 Å². The number of aromatic carboxylic acids is 1. The molecule has 1 aromatic carbocycles. The van der Waals surface area contributed by atoms with E-state index in [0.717, 1.165) is 25.9 Å². The molecule has 1 saturated heterocycles. The van der Waals surface area contributed by atoms with Crippen molar-refractivity contribution in [3.63, 3.8) is 0 Å². The zero-order chi connectivity index (χ0) is 14.5. The van der Waals surface area contributed by atoms with Crippen LogP contribution in [0, 0.1) is 12.8 Å². The zero-order valence-corrected chi connectivity index (χ0v) is 11.6. The van der Waals surface area contributed by atoms with Crippen molar-refractivity contribution in [3.05, 3.63) is 29.3 Å². The van der Waals surface area contributed by atoms with E-state index in [-0.39, 0.29) is 11.5 Å². The highest BCUT2D eigenvalue weighted by atomic mass is 16.4. The van der Waals surface area contributed by atoms with E-state index in [0.29, 0.717) is 23.6 Å². The smallest absolute Gasteiger partial charge is 0.336 e. The molecule has 0 radical (unpaired) electrons. The van der Waals surface area contributed by atoms with E-state index in [9.17, 15) is 9.59 Å². The topological polar surface area (TPSA) is 78.4 Å². The van der Waals surface area contributed by atoms with Crippen molar-refractivity contribution in [2.24, 2.45) is 5.92 Å². The summed E-state index contributed by atoms with van der Waals surface area (Å²) in [6, 6.07) is 4.93. The average Bonchev–Trinajstić information content (AvgIpc) is 2.42. The molecule has 108 valence electrons. The van der Waals surface area contributed by atoms with Gasteiger partial charge < -0.3 is 15.7 Å². The normalized spacial score (nSPS) is 15.8. The van der Waals surface area contributed by atoms with Gasteiger partial charge in [0.25, 0.3) is 0 Å². The number of carboxylic acids is 1. The molecule has 0 aromatic heterocycles. The standard InChI is InChI=1S/C15H20N2O3/c1-10-12(15(19)20)3-2-4-13(10)17-14(18)9-11-5-7-16-8-6-11/h2-4,11,16H,5-9H2,1H3,(H,17,18)(H,19,20). The Labute approximate surface area is 118 Å². The summed E-state index contributed by atoms with van der Waals surface area (Å²) >= 11 is 0. The van der Waals surface area contributed by atoms with Gasteiger partial charge in [-0.3, -0.25) is 4.79 Å². The van der Waals surface area contributed by atoms with Crippen LogP contribution in [0.2, 0.25) is 0 Å². The lowest BCUT2D eigenvalue weighted by Gasteiger charge is -2.22. The number of nitrogens with one attached hydrogen (secondary N) is 2. The van der Waals surface area contributed by atoms with E-state index in [2.05, 4.69) is 10.6 Å². The number of hydrogen-bond acceptors (Lipinski definition) is 3. The second kappa shape index (κ2) is 6.52. The van der Waals surface area contributed by atoms with Crippen LogP contribution in [0.5, 0.6) is 0 Å². The van der Waals surface area contributed by atoms with Gasteiger partial charge in [-0.25, -0.2) is 4.79 Å². The minimum atomic E-state index is -0.975. The Morgan fingerprint density at radius 1 is 1.35 bits per heavy atom. The molecule has 2 rings (SSSR count). The summed E-state index contributed by atoms with van der Waals surface area (Å²) in [6.45, 7) is 3.64. The third kappa shape index (κ3) is 3.57. The van der Waals surface area contributed by atoms with E-state index >= 15 is 0 Å². The number of amides is 1. The van der Waals surface area contributed by atoms with Crippen LogP contribution < -0.4 is 10.6 Å².